The molecule has 0 aliphatic carbocycles. The maximum Gasteiger partial charge on any atom is 0.306 e. The minimum absolute atomic E-state index is 0.0860. The van der Waals surface area contributed by atoms with E-state index in [1.54, 1.807) is 0 Å². The summed E-state index contributed by atoms with van der Waals surface area (Å²) >= 11 is 0. The fraction of sp³-hybridized carbons (Fsp3) is 0.685. The van der Waals surface area contributed by atoms with Crippen LogP contribution < -0.4 is 0 Å². The minimum Gasteiger partial charge on any atom is -0.462 e. The predicted molar refractivity (Wildman–Crippen MR) is 343 cm³/mol. The largest absolute Gasteiger partial charge is 0.462 e. The molecule has 0 bridgehead atoms. The predicted octanol–water partition coefficient (Wildman–Crippen LogP) is 22.8. The molecular formula is C73H122O6. The van der Waals surface area contributed by atoms with Gasteiger partial charge in [-0.25, -0.2) is 0 Å². The third-order valence-electron chi connectivity index (χ3n) is 13.9. The van der Waals surface area contributed by atoms with Crippen molar-refractivity contribution in [3.05, 3.63) is 122 Å². The molecule has 0 N–H and O–H groups in total. The molecule has 0 aliphatic heterocycles. The Hall–Kier alpha value is -4.19. The molecule has 79 heavy (non-hydrogen) atoms. The van der Waals surface area contributed by atoms with Gasteiger partial charge in [-0.3, -0.25) is 14.4 Å². The first-order valence-corrected chi connectivity index (χ1v) is 33.0. The van der Waals surface area contributed by atoms with Crippen LogP contribution in [0.2, 0.25) is 0 Å². The summed E-state index contributed by atoms with van der Waals surface area (Å²) < 4.78 is 16.9. The molecule has 0 rings (SSSR count). The van der Waals surface area contributed by atoms with Gasteiger partial charge in [0.2, 0.25) is 0 Å². The topological polar surface area (TPSA) is 78.9 Å². The van der Waals surface area contributed by atoms with E-state index >= 15 is 0 Å². The molecule has 6 heteroatoms. The summed E-state index contributed by atoms with van der Waals surface area (Å²) in [4.78, 5) is 38.2. The van der Waals surface area contributed by atoms with Crippen molar-refractivity contribution in [2.75, 3.05) is 13.2 Å². The quantitative estimate of drug-likeness (QED) is 0.0261. The van der Waals surface area contributed by atoms with Crippen LogP contribution in [0.25, 0.3) is 0 Å². The molecule has 0 aromatic heterocycles. The molecule has 6 nitrogen and oxygen atoms in total. The second-order valence-electron chi connectivity index (χ2n) is 21.6. The molecule has 0 heterocycles. The Morgan fingerprint density at radius 3 is 0.835 bits per heavy atom. The molecule has 0 aromatic carbocycles. The molecule has 0 saturated carbocycles. The fourth-order valence-corrected chi connectivity index (χ4v) is 8.99. The standard InChI is InChI=1S/C73H122O6/c1-4-7-10-13-16-19-22-24-26-28-30-31-32-33-34-35-36-37-38-39-40-41-42-43-44-46-47-49-51-54-57-60-63-66-72(75)78-69-70(68-77-71(74)65-62-59-56-53-21-18-15-12-9-6-3)79-73(76)67-64-61-58-55-52-50-48-45-29-27-25-23-20-17-14-11-8-5-2/h7,10,12,15-16,19-20,23-24,26-27,29-31,33-34,36-37,39-40,70H,4-6,8-9,11,13-14,17-18,21-22,25,28,32,35,38,41-69H2,1-3H3/b10-7-,15-12-,19-16-,23-20-,26-24-,29-27-,31-30-,34-33-,37-36-,40-39-. The van der Waals surface area contributed by atoms with E-state index in [0.717, 1.165) is 135 Å². The lowest BCUT2D eigenvalue weighted by Gasteiger charge is -2.18. The van der Waals surface area contributed by atoms with Crippen LogP contribution in [0.15, 0.2) is 122 Å². The summed E-state index contributed by atoms with van der Waals surface area (Å²) in [5.74, 6) is -0.902. The number of allylic oxidation sites excluding steroid dienone is 20. The van der Waals surface area contributed by atoms with E-state index in [1.165, 1.54) is 128 Å². The molecule has 0 aliphatic rings. The van der Waals surface area contributed by atoms with Crippen LogP contribution in [0.4, 0.5) is 0 Å². The van der Waals surface area contributed by atoms with Gasteiger partial charge < -0.3 is 14.2 Å². The molecule has 0 saturated heterocycles. The van der Waals surface area contributed by atoms with Crippen LogP contribution in [-0.4, -0.2) is 37.2 Å². The summed E-state index contributed by atoms with van der Waals surface area (Å²) in [5, 5.41) is 0. The van der Waals surface area contributed by atoms with Gasteiger partial charge in [-0.05, 0) is 128 Å². The molecule has 1 atom stereocenters. The van der Waals surface area contributed by atoms with E-state index in [1.807, 2.05) is 0 Å². The van der Waals surface area contributed by atoms with Crippen molar-refractivity contribution in [3.8, 4) is 0 Å². The maximum atomic E-state index is 12.9. The second kappa shape index (κ2) is 66.3. The van der Waals surface area contributed by atoms with Gasteiger partial charge in [-0.1, -0.05) is 277 Å². The molecule has 0 aromatic rings. The molecular weight excluding hydrogens is 973 g/mol. The summed E-state index contributed by atoms with van der Waals surface area (Å²) in [6, 6.07) is 0. The van der Waals surface area contributed by atoms with Gasteiger partial charge >= 0.3 is 17.9 Å². The Balaban J connectivity index is 4.20. The van der Waals surface area contributed by atoms with Crippen molar-refractivity contribution in [2.24, 2.45) is 0 Å². The van der Waals surface area contributed by atoms with Gasteiger partial charge in [0.25, 0.3) is 0 Å². The highest BCUT2D eigenvalue weighted by atomic mass is 16.6. The van der Waals surface area contributed by atoms with Crippen LogP contribution in [0.3, 0.4) is 0 Å². The normalized spacial score (nSPS) is 12.9. The summed E-state index contributed by atoms with van der Waals surface area (Å²) in [7, 11) is 0. The number of carbonyl (C=O) groups excluding carboxylic acids is 3. The van der Waals surface area contributed by atoms with Crippen molar-refractivity contribution in [1.82, 2.24) is 0 Å². The van der Waals surface area contributed by atoms with E-state index in [0.29, 0.717) is 19.3 Å². The average molecular weight is 1100 g/mol. The van der Waals surface area contributed by atoms with E-state index in [9.17, 15) is 14.4 Å². The highest BCUT2D eigenvalue weighted by Gasteiger charge is 2.19. The zero-order valence-electron chi connectivity index (χ0n) is 51.6. The highest BCUT2D eigenvalue weighted by Crippen LogP contribution is 2.16. The van der Waals surface area contributed by atoms with E-state index in [4.69, 9.17) is 14.2 Å². The SMILES string of the molecule is CC/C=C\C/C=C\C/C=C\C/C=C\C/C=C\C/C=C\C/C=C\CCCCCCCCCCCCCC(=O)OCC(COC(=O)CCCCCCC/C=C\CCC)OC(=O)CCCCCCCCC/C=C\C/C=C\CCCCCC. The molecule has 0 fully saturated rings. The summed E-state index contributed by atoms with van der Waals surface area (Å²) in [6.07, 6.45) is 92.2. The number of hydrogen-bond donors (Lipinski definition) is 0. The van der Waals surface area contributed by atoms with E-state index < -0.39 is 6.10 Å². The third kappa shape index (κ3) is 64.5. The number of esters is 3. The Bertz CT molecular complexity index is 1640. The molecule has 0 spiro atoms. The molecule has 1 unspecified atom stereocenters. The second-order valence-corrected chi connectivity index (χ2v) is 21.6. The van der Waals surface area contributed by atoms with Crippen LogP contribution in [0, 0.1) is 0 Å². The highest BCUT2D eigenvalue weighted by molar-refractivity contribution is 5.71. The Morgan fingerprint density at radius 1 is 0.266 bits per heavy atom. The van der Waals surface area contributed by atoms with Gasteiger partial charge in [0.1, 0.15) is 13.2 Å². The van der Waals surface area contributed by atoms with Gasteiger partial charge in [0.15, 0.2) is 6.10 Å². The number of unbranched alkanes of at least 4 members (excludes halogenated alkanes) is 28. The minimum atomic E-state index is -0.789. The molecule has 0 amide bonds. The van der Waals surface area contributed by atoms with Gasteiger partial charge in [-0.2, -0.15) is 0 Å². The zero-order chi connectivity index (χ0) is 57.1. The van der Waals surface area contributed by atoms with Gasteiger partial charge in [-0.15, -0.1) is 0 Å². The van der Waals surface area contributed by atoms with E-state index in [2.05, 4.69) is 142 Å². The molecule has 450 valence electrons. The average Bonchev–Trinajstić information content (AvgIpc) is 3.45. The van der Waals surface area contributed by atoms with Crippen LogP contribution >= 0.6 is 0 Å². The first-order chi connectivity index (χ1) is 39.0. The monoisotopic (exact) mass is 1090 g/mol. The lowest BCUT2D eigenvalue weighted by Crippen LogP contribution is -2.30. The Labute approximate surface area is 488 Å². The van der Waals surface area contributed by atoms with Crippen molar-refractivity contribution >= 4 is 17.9 Å². The first-order valence-electron chi connectivity index (χ1n) is 33.0. The number of rotatable bonds is 59. The van der Waals surface area contributed by atoms with Crippen molar-refractivity contribution < 1.29 is 28.6 Å². The molecule has 0 radical (unpaired) electrons. The first kappa shape index (κ1) is 74.8. The Kier molecular flexibility index (Phi) is 62.8. The van der Waals surface area contributed by atoms with Crippen molar-refractivity contribution in [3.63, 3.8) is 0 Å². The van der Waals surface area contributed by atoms with Crippen LogP contribution in [0.5, 0.6) is 0 Å². The lowest BCUT2D eigenvalue weighted by atomic mass is 10.0. The number of hydrogen-bond acceptors (Lipinski definition) is 6. The van der Waals surface area contributed by atoms with Gasteiger partial charge in [0, 0.05) is 19.3 Å². The Morgan fingerprint density at radius 2 is 0.519 bits per heavy atom. The smallest absolute Gasteiger partial charge is 0.306 e. The summed E-state index contributed by atoms with van der Waals surface area (Å²) in [5.41, 5.74) is 0. The van der Waals surface area contributed by atoms with Crippen LogP contribution in [-0.2, 0) is 28.6 Å². The van der Waals surface area contributed by atoms with Crippen LogP contribution in [0.1, 0.15) is 303 Å². The third-order valence-corrected chi connectivity index (χ3v) is 13.9. The zero-order valence-corrected chi connectivity index (χ0v) is 51.6. The van der Waals surface area contributed by atoms with Gasteiger partial charge in [0.05, 0.1) is 0 Å². The van der Waals surface area contributed by atoms with Crippen molar-refractivity contribution in [2.45, 2.75) is 309 Å². The van der Waals surface area contributed by atoms with Crippen molar-refractivity contribution in [1.29, 1.82) is 0 Å². The fourth-order valence-electron chi connectivity index (χ4n) is 8.99. The maximum absolute atomic E-state index is 12.9. The summed E-state index contributed by atoms with van der Waals surface area (Å²) in [6.45, 7) is 6.44. The number of carbonyl (C=O) groups is 3. The van der Waals surface area contributed by atoms with E-state index in [-0.39, 0.29) is 31.1 Å². The lowest BCUT2D eigenvalue weighted by molar-refractivity contribution is -0.167. The number of ether oxygens (including phenoxy) is 3.